The van der Waals surface area contributed by atoms with Crippen LogP contribution in [0.4, 0.5) is 0 Å². The zero-order valence-corrected chi connectivity index (χ0v) is 9.93. The van der Waals surface area contributed by atoms with Crippen LogP contribution in [0.25, 0.3) is 0 Å². The van der Waals surface area contributed by atoms with Crippen LogP contribution in [0.15, 0.2) is 6.07 Å². The normalized spacial score (nSPS) is 12.7. The lowest BCUT2D eigenvalue weighted by Crippen LogP contribution is -2.14. The molecule has 0 spiro atoms. The van der Waals surface area contributed by atoms with Crippen molar-refractivity contribution in [2.45, 2.75) is 20.0 Å². The number of aliphatic hydroxyl groups excluding tert-OH is 1. The molecule has 1 rings (SSSR count). The number of benzene rings is 1. The van der Waals surface area contributed by atoms with Crippen LogP contribution in [0.1, 0.15) is 22.8 Å². The predicted octanol–water partition coefficient (Wildman–Crippen LogP) is 1.96. The van der Waals surface area contributed by atoms with E-state index in [0.717, 1.165) is 11.1 Å². The highest BCUT2D eigenvalue weighted by molar-refractivity contribution is 6.32. The van der Waals surface area contributed by atoms with Crippen LogP contribution in [0.5, 0.6) is 5.75 Å². The number of hydrogen-bond donors (Lipinski definition) is 2. The molecule has 0 amide bonds. The van der Waals surface area contributed by atoms with Crippen molar-refractivity contribution in [3.63, 3.8) is 0 Å². The van der Waals surface area contributed by atoms with E-state index in [9.17, 15) is 5.11 Å². The number of methoxy groups -OCH3 is 1. The van der Waals surface area contributed by atoms with E-state index in [0.29, 0.717) is 16.3 Å². The summed E-state index contributed by atoms with van der Waals surface area (Å²) in [6.07, 6.45) is -0.738. The molecular weight excluding hydrogens is 214 g/mol. The Balaban J connectivity index is 3.40. The summed E-state index contributed by atoms with van der Waals surface area (Å²) < 4.78 is 5.21. The molecule has 3 nitrogen and oxygen atoms in total. The Kier molecular flexibility index (Phi) is 3.97. The van der Waals surface area contributed by atoms with Crippen LogP contribution in [-0.2, 0) is 0 Å². The lowest BCUT2D eigenvalue weighted by Gasteiger charge is -2.18. The summed E-state index contributed by atoms with van der Waals surface area (Å²) in [5, 5.41) is 10.4. The minimum absolute atomic E-state index is 0.149. The summed E-state index contributed by atoms with van der Waals surface area (Å²) in [7, 11) is 1.56. The van der Waals surface area contributed by atoms with Crippen molar-refractivity contribution in [1.29, 1.82) is 0 Å². The van der Waals surface area contributed by atoms with Crippen molar-refractivity contribution in [3.8, 4) is 5.75 Å². The van der Waals surface area contributed by atoms with E-state index < -0.39 is 6.10 Å². The molecule has 0 saturated heterocycles. The molecule has 0 aromatic heterocycles. The minimum atomic E-state index is -0.738. The second kappa shape index (κ2) is 4.84. The van der Waals surface area contributed by atoms with E-state index >= 15 is 0 Å². The van der Waals surface area contributed by atoms with E-state index in [1.165, 1.54) is 0 Å². The molecule has 0 bridgehead atoms. The molecule has 0 aliphatic rings. The van der Waals surface area contributed by atoms with E-state index in [1.54, 1.807) is 7.11 Å². The summed E-state index contributed by atoms with van der Waals surface area (Å²) in [5.74, 6) is 0.632. The van der Waals surface area contributed by atoms with Crippen LogP contribution >= 0.6 is 11.6 Å². The van der Waals surface area contributed by atoms with Crippen molar-refractivity contribution in [2.24, 2.45) is 5.73 Å². The summed E-state index contributed by atoms with van der Waals surface area (Å²) in [5.41, 5.74) is 7.87. The summed E-state index contributed by atoms with van der Waals surface area (Å²) in [4.78, 5) is 0. The first-order chi connectivity index (χ1) is 7.02. The molecule has 84 valence electrons. The van der Waals surface area contributed by atoms with Crippen LogP contribution in [-0.4, -0.2) is 18.8 Å². The zero-order valence-electron chi connectivity index (χ0n) is 9.17. The van der Waals surface area contributed by atoms with Gasteiger partial charge in [0.1, 0.15) is 5.75 Å². The zero-order chi connectivity index (χ0) is 11.6. The fourth-order valence-electron chi connectivity index (χ4n) is 1.64. The molecule has 0 radical (unpaired) electrons. The molecule has 3 N–H and O–H groups in total. The second-order valence-electron chi connectivity index (χ2n) is 3.50. The third kappa shape index (κ3) is 2.25. The van der Waals surface area contributed by atoms with E-state index in [1.807, 2.05) is 19.9 Å². The topological polar surface area (TPSA) is 55.5 Å². The van der Waals surface area contributed by atoms with Crippen LogP contribution in [0, 0.1) is 13.8 Å². The highest BCUT2D eigenvalue weighted by Crippen LogP contribution is 2.35. The number of aliphatic hydroxyl groups is 1. The first-order valence-electron chi connectivity index (χ1n) is 4.74. The number of nitrogens with two attached hydrogens (primary N) is 1. The van der Waals surface area contributed by atoms with Crippen molar-refractivity contribution in [2.75, 3.05) is 13.7 Å². The Morgan fingerprint density at radius 3 is 2.60 bits per heavy atom. The fraction of sp³-hybridized carbons (Fsp3) is 0.455. The molecule has 0 aliphatic carbocycles. The number of aryl methyl sites for hydroxylation is 1. The van der Waals surface area contributed by atoms with Gasteiger partial charge in [-0.2, -0.15) is 0 Å². The number of ether oxygens (including phenoxy) is 1. The van der Waals surface area contributed by atoms with Gasteiger partial charge in [0.15, 0.2) is 0 Å². The molecule has 0 heterocycles. The molecule has 0 aliphatic heterocycles. The molecule has 1 unspecified atom stereocenters. The number of hydrogen-bond acceptors (Lipinski definition) is 3. The summed E-state index contributed by atoms with van der Waals surface area (Å²) >= 11 is 6.11. The first kappa shape index (κ1) is 12.3. The maximum Gasteiger partial charge on any atom is 0.125 e. The van der Waals surface area contributed by atoms with Gasteiger partial charge in [-0.15, -0.1) is 0 Å². The average molecular weight is 230 g/mol. The summed E-state index contributed by atoms with van der Waals surface area (Å²) in [6.45, 7) is 3.90. The summed E-state index contributed by atoms with van der Waals surface area (Å²) in [6, 6.07) is 1.81. The van der Waals surface area contributed by atoms with Gasteiger partial charge in [-0.05, 0) is 31.0 Å². The van der Waals surface area contributed by atoms with Crippen molar-refractivity contribution < 1.29 is 9.84 Å². The van der Waals surface area contributed by atoms with Gasteiger partial charge in [0, 0.05) is 17.1 Å². The lowest BCUT2D eigenvalue weighted by atomic mass is 9.99. The Morgan fingerprint density at radius 1 is 1.53 bits per heavy atom. The van der Waals surface area contributed by atoms with Gasteiger partial charge in [-0.1, -0.05) is 11.6 Å². The predicted molar refractivity (Wildman–Crippen MR) is 61.5 cm³/mol. The standard InChI is InChI=1S/C11H16ClNO2/c1-6-4-9(15-3)10(8(14)5-13)7(2)11(6)12/h4,8,14H,5,13H2,1-3H3. The van der Waals surface area contributed by atoms with E-state index in [-0.39, 0.29) is 6.54 Å². The van der Waals surface area contributed by atoms with Gasteiger partial charge in [0.2, 0.25) is 0 Å². The smallest absolute Gasteiger partial charge is 0.125 e. The van der Waals surface area contributed by atoms with Crippen LogP contribution < -0.4 is 10.5 Å². The van der Waals surface area contributed by atoms with Gasteiger partial charge in [-0.25, -0.2) is 0 Å². The van der Waals surface area contributed by atoms with Gasteiger partial charge >= 0.3 is 0 Å². The Bertz CT molecular complexity index is 366. The van der Waals surface area contributed by atoms with E-state index in [2.05, 4.69) is 0 Å². The lowest BCUT2D eigenvalue weighted by molar-refractivity contribution is 0.181. The monoisotopic (exact) mass is 229 g/mol. The second-order valence-corrected chi connectivity index (χ2v) is 3.88. The first-order valence-corrected chi connectivity index (χ1v) is 5.12. The van der Waals surface area contributed by atoms with Crippen molar-refractivity contribution in [1.82, 2.24) is 0 Å². The molecule has 1 aromatic rings. The molecule has 1 aromatic carbocycles. The number of rotatable bonds is 3. The van der Waals surface area contributed by atoms with Gasteiger partial charge in [0.25, 0.3) is 0 Å². The molecule has 4 heteroatoms. The maximum absolute atomic E-state index is 9.77. The van der Waals surface area contributed by atoms with Gasteiger partial charge in [0.05, 0.1) is 13.2 Å². The molecule has 0 fully saturated rings. The molecule has 1 atom stereocenters. The van der Waals surface area contributed by atoms with Crippen molar-refractivity contribution >= 4 is 11.6 Å². The maximum atomic E-state index is 9.77. The Hall–Kier alpha value is -0.770. The molecule has 0 saturated carbocycles. The van der Waals surface area contributed by atoms with E-state index in [4.69, 9.17) is 22.1 Å². The Morgan fingerprint density at radius 2 is 2.13 bits per heavy atom. The molecule has 15 heavy (non-hydrogen) atoms. The molecular formula is C11H16ClNO2. The quantitative estimate of drug-likeness (QED) is 0.833. The largest absolute Gasteiger partial charge is 0.496 e. The fourth-order valence-corrected chi connectivity index (χ4v) is 1.79. The number of halogens is 1. The van der Waals surface area contributed by atoms with Crippen LogP contribution in [0.3, 0.4) is 0 Å². The van der Waals surface area contributed by atoms with Crippen molar-refractivity contribution in [3.05, 3.63) is 27.8 Å². The third-order valence-electron chi connectivity index (χ3n) is 2.47. The van der Waals surface area contributed by atoms with Gasteiger partial charge in [-0.3, -0.25) is 0 Å². The minimum Gasteiger partial charge on any atom is -0.496 e. The SMILES string of the molecule is COc1cc(C)c(Cl)c(C)c1C(O)CN. The highest BCUT2D eigenvalue weighted by Gasteiger charge is 2.18. The van der Waals surface area contributed by atoms with Gasteiger partial charge < -0.3 is 15.6 Å². The average Bonchev–Trinajstić information content (AvgIpc) is 2.24. The van der Waals surface area contributed by atoms with Crippen LogP contribution in [0.2, 0.25) is 5.02 Å². The Labute approximate surface area is 94.8 Å². The highest BCUT2D eigenvalue weighted by atomic mass is 35.5. The third-order valence-corrected chi connectivity index (χ3v) is 3.05.